The predicted octanol–water partition coefficient (Wildman–Crippen LogP) is 3.74. The number of nitrogens with zero attached hydrogens (tertiary/aromatic N) is 4. The van der Waals surface area contributed by atoms with E-state index in [1.54, 1.807) is 30.0 Å². The number of halogens is 1. The molecule has 1 saturated heterocycles. The zero-order valence-corrected chi connectivity index (χ0v) is 22.9. The number of amides is 3. The summed E-state index contributed by atoms with van der Waals surface area (Å²) in [6, 6.07) is 13.1. The van der Waals surface area contributed by atoms with Crippen molar-refractivity contribution in [3.63, 3.8) is 0 Å². The van der Waals surface area contributed by atoms with E-state index in [4.69, 9.17) is 11.6 Å². The number of benzene rings is 2. The number of rotatable bonds is 5. The van der Waals surface area contributed by atoms with Crippen LogP contribution in [0.4, 0.5) is 10.5 Å². The molecule has 3 heterocycles. The van der Waals surface area contributed by atoms with Gasteiger partial charge in [0.15, 0.2) is 0 Å². The zero-order chi connectivity index (χ0) is 27.7. The minimum absolute atomic E-state index is 0.0329. The van der Waals surface area contributed by atoms with Crippen molar-refractivity contribution in [1.29, 1.82) is 0 Å². The molecule has 1 aromatic heterocycles. The van der Waals surface area contributed by atoms with Crippen molar-refractivity contribution >= 4 is 29.2 Å². The van der Waals surface area contributed by atoms with Crippen molar-refractivity contribution < 1.29 is 9.59 Å². The largest absolute Gasteiger partial charge is 0.341 e. The second-order valence-electron chi connectivity index (χ2n) is 10.1. The van der Waals surface area contributed by atoms with E-state index in [0.717, 1.165) is 27.8 Å². The number of nitrogens with one attached hydrogen (secondary N) is 1. The van der Waals surface area contributed by atoms with Crippen LogP contribution in [0.3, 0.4) is 0 Å². The number of hydrogen-bond acceptors (Lipinski definition) is 4. The van der Waals surface area contributed by atoms with Gasteiger partial charge in [0.25, 0.3) is 5.56 Å². The molecule has 3 aromatic rings. The van der Waals surface area contributed by atoms with E-state index in [2.05, 4.69) is 5.32 Å². The summed E-state index contributed by atoms with van der Waals surface area (Å²) in [5.74, 6) is -0.196. The first-order chi connectivity index (χ1) is 18.8. The first kappa shape index (κ1) is 26.7. The molecule has 39 heavy (non-hydrogen) atoms. The highest BCUT2D eigenvalue weighted by Crippen LogP contribution is 2.27. The summed E-state index contributed by atoms with van der Waals surface area (Å²) in [4.78, 5) is 56.0. The fourth-order valence-electron chi connectivity index (χ4n) is 5.54. The Hall–Kier alpha value is -3.85. The monoisotopic (exact) mass is 549 g/mol. The van der Waals surface area contributed by atoms with Crippen molar-refractivity contribution in [3.8, 4) is 11.1 Å². The molecule has 10 heteroatoms. The quantitative estimate of drug-likeness (QED) is 0.524. The van der Waals surface area contributed by atoms with Gasteiger partial charge in [-0.2, -0.15) is 0 Å². The molecular formula is C29H32ClN5O4. The maximum absolute atomic E-state index is 13.3. The Balaban J connectivity index is 1.30. The average Bonchev–Trinajstić information content (AvgIpc) is 3.10. The van der Waals surface area contributed by atoms with Gasteiger partial charge in [-0.15, -0.1) is 0 Å². The predicted molar refractivity (Wildman–Crippen MR) is 151 cm³/mol. The number of aromatic nitrogens is 2. The molecule has 0 radical (unpaired) electrons. The van der Waals surface area contributed by atoms with Crippen molar-refractivity contribution in [2.75, 3.05) is 25.0 Å². The molecule has 2 aromatic carbocycles. The van der Waals surface area contributed by atoms with Gasteiger partial charge in [-0.05, 0) is 61.9 Å². The van der Waals surface area contributed by atoms with E-state index in [1.165, 1.54) is 10.8 Å². The molecular weight excluding hydrogens is 518 g/mol. The molecule has 2 aliphatic heterocycles. The van der Waals surface area contributed by atoms with E-state index < -0.39 is 11.2 Å². The van der Waals surface area contributed by atoms with Gasteiger partial charge >= 0.3 is 11.7 Å². The van der Waals surface area contributed by atoms with Gasteiger partial charge in [-0.3, -0.25) is 18.7 Å². The lowest BCUT2D eigenvalue weighted by Crippen LogP contribution is -2.51. The number of hydrogen-bond donors (Lipinski definition) is 1. The molecule has 5 rings (SSSR count). The number of piperidine rings is 1. The number of likely N-dealkylation sites (tertiary alicyclic amines) is 1. The van der Waals surface area contributed by atoms with E-state index in [1.807, 2.05) is 36.1 Å². The van der Waals surface area contributed by atoms with E-state index in [9.17, 15) is 19.2 Å². The fourth-order valence-corrected chi connectivity index (χ4v) is 5.72. The summed E-state index contributed by atoms with van der Waals surface area (Å²) < 4.78 is 2.46. The van der Waals surface area contributed by atoms with Crippen LogP contribution in [0.15, 0.2) is 58.3 Å². The van der Waals surface area contributed by atoms with Crippen molar-refractivity contribution in [1.82, 2.24) is 18.9 Å². The van der Waals surface area contributed by atoms with Crippen molar-refractivity contribution in [2.45, 2.75) is 52.2 Å². The number of carbonyl (C=O) groups excluding carboxylic acids is 2. The first-order valence-electron chi connectivity index (χ1n) is 13.3. The molecule has 9 nitrogen and oxygen atoms in total. The third-order valence-electron chi connectivity index (χ3n) is 7.82. The van der Waals surface area contributed by atoms with Crippen LogP contribution >= 0.6 is 11.6 Å². The minimum Gasteiger partial charge on any atom is -0.341 e. The average molecular weight is 550 g/mol. The molecule has 0 atom stereocenters. The Bertz CT molecular complexity index is 1540. The van der Waals surface area contributed by atoms with Gasteiger partial charge < -0.3 is 15.1 Å². The molecule has 0 aliphatic carbocycles. The van der Waals surface area contributed by atoms with Crippen LogP contribution in [-0.2, 0) is 24.3 Å². The summed E-state index contributed by atoms with van der Waals surface area (Å²) in [6.07, 6.45) is 3.57. The van der Waals surface area contributed by atoms with Gasteiger partial charge in [0, 0.05) is 49.1 Å². The van der Waals surface area contributed by atoms with Crippen LogP contribution in [0.1, 0.15) is 30.9 Å². The lowest BCUT2D eigenvalue weighted by atomic mass is 10.0. The Morgan fingerprint density at radius 3 is 2.49 bits per heavy atom. The molecule has 0 spiro atoms. The first-order valence-corrected chi connectivity index (χ1v) is 13.7. The topological polar surface area (TPSA) is 96.7 Å². The number of fused-ring (bicyclic) bond motifs is 1. The van der Waals surface area contributed by atoms with E-state index in [-0.39, 0.29) is 31.1 Å². The smallest absolute Gasteiger partial charge is 0.331 e. The Kier molecular flexibility index (Phi) is 7.61. The number of anilines is 1. The Morgan fingerprint density at radius 2 is 1.74 bits per heavy atom. The second kappa shape index (κ2) is 11.1. The highest BCUT2D eigenvalue weighted by atomic mass is 35.5. The normalized spacial score (nSPS) is 16.0. The van der Waals surface area contributed by atoms with Crippen LogP contribution < -0.4 is 16.6 Å². The Morgan fingerprint density at radius 1 is 1.00 bits per heavy atom. The molecule has 0 bridgehead atoms. The molecule has 204 valence electrons. The van der Waals surface area contributed by atoms with Crippen molar-refractivity contribution in [2.24, 2.45) is 0 Å². The third kappa shape index (κ3) is 5.23. The summed E-state index contributed by atoms with van der Waals surface area (Å²) >= 11 is 6.29. The van der Waals surface area contributed by atoms with Crippen LogP contribution in [0.25, 0.3) is 11.1 Å². The van der Waals surface area contributed by atoms with Gasteiger partial charge in [-0.1, -0.05) is 41.9 Å². The lowest BCUT2D eigenvalue weighted by molar-refractivity contribution is -0.133. The highest BCUT2D eigenvalue weighted by molar-refractivity contribution is 6.31. The maximum Gasteiger partial charge on any atom is 0.331 e. The van der Waals surface area contributed by atoms with Gasteiger partial charge in [0.2, 0.25) is 5.91 Å². The van der Waals surface area contributed by atoms with Crippen LogP contribution in [0.2, 0.25) is 5.02 Å². The molecule has 1 N–H and O–H groups in total. The summed E-state index contributed by atoms with van der Waals surface area (Å²) in [5.41, 5.74) is 2.74. The maximum atomic E-state index is 13.3. The lowest BCUT2D eigenvalue weighted by Gasteiger charge is -2.38. The molecule has 3 amide bonds. The number of carbonyl (C=O) groups is 2. The Labute approximate surface area is 231 Å². The summed E-state index contributed by atoms with van der Waals surface area (Å²) in [6.45, 7) is 5.17. The number of para-hydroxylation sites is 1. The standard InChI is InChI=1S/C29H32ClN5O4/c1-3-34-27(37)23(22-8-6-9-24(30)19(22)2)17-33(29(34)39)18-26(36)32-14-12-21(13-15-32)35-16-11-20-7-4-5-10-25(20)31-28(35)38/h4-10,17,21H,3,11-16,18H2,1-2H3,(H,31,38). The molecule has 0 unspecified atom stereocenters. The fraction of sp³-hybridized carbons (Fsp3) is 0.379. The van der Waals surface area contributed by atoms with Gasteiger partial charge in [0.05, 0.1) is 5.56 Å². The SMILES string of the molecule is CCn1c(=O)c(-c2cccc(Cl)c2C)cn(CC(=O)N2CCC(N3CCc4ccccc4NC3=O)CC2)c1=O. The van der Waals surface area contributed by atoms with Crippen LogP contribution in [0.5, 0.6) is 0 Å². The van der Waals surface area contributed by atoms with Crippen LogP contribution in [-0.4, -0.2) is 56.5 Å². The van der Waals surface area contributed by atoms with Gasteiger partial charge in [-0.25, -0.2) is 9.59 Å². The zero-order valence-electron chi connectivity index (χ0n) is 22.2. The minimum atomic E-state index is -0.519. The summed E-state index contributed by atoms with van der Waals surface area (Å²) in [5, 5.41) is 3.54. The van der Waals surface area contributed by atoms with Gasteiger partial charge in [0.1, 0.15) is 6.54 Å². The highest BCUT2D eigenvalue weighted by Gasteiger charge is 2.31. The van der Waals surface area contributed by atoms with E-state index >= 15 is 0 Å². The molecule has 2 aliphatic rings. The van der Waals surface area contributed by atoms with Crippen molar-refractivity contribution in [3.05, 3.63) is 85.6 Å². The third-order valence-corrected chi connectivity index (χ3v) is 8.23. The van der Waals surface area contributed by atoms with E-state index in [0.29, 0.717) is 48.6 Å². The summed E-state index contributed by atoms with van der Waals surface area (Å²) in [7, 11) is 0. The molecule has 0 saturated carbocycles. The second-order valence-corrected chi connectivity index (χ2v) is 10.5. The molecule has 1 fully saturated rings. The number of urea groups is 1. The van der Waals surface area contributed by atoms with Crippen LogP contribution in [0, 0.1) is 6.92 Å².